The third kappa shape index (κ3) is 48.7. The standard InChI is InChI=1S/C57H90O5/c1-4-7-10-13-16-19-22-25-26-27-28-29-30-31-34-37-40-43-46-49-52-60-53-55(62-57(59)51-48-45-42-39-36-33-24-21-18-15-12-9-6-3)54-61-56(58)50-47-44-41-38-35-32-23-20-17-14-11-8-5-2/h7-8,10-12,15-17,19-21,24-26,28-29,31-32,34-35,41,44,55H,4-6,9,13-14,18,22-23,27,30,33,36-40,42-43,45-54H2,1-3H3/b10-7-,11-8-,15-12-,19-16-,20-17-,24-21-,26-25-,29-28-,34-31-,35-32-,44-41-. The summed E-state index contributed by atoms with van der Waals surface area (Å²) in [5.41, 5.74) is 0. The molecule has 0 saturated carbocycles. The average molecular weight is 855 g/mol. The summed E-state index contributed by atoms with van der Waals surface area (Å²) in [7, 11) is 0. The zero-order chi connectivity index (χ0) is 44.9. The van der Waals surface area contributed by atoms with Gasteiger partial charge in [-0.05, 0) is 116 Å². The molecule has 0 aromatic carbocycles. The molecule has 0 aliphatic rings. The fourth-order valence-corrected chi connectivity index (χ4v) is 6.06. The monoisotopic (exact) mass is 855 g/mol. The highest BCUT2D eigenvalue weighted by Crippen LogP contribution is 2.11. The molecule has 1 atom stereocenters. The van der Waals surface area contributed by atoms with E-state index in [1.165, 1.54) is 19.3 Å². The predicted octanol–water partition coefficient (Wildman–Crippen LogP) is 16.8. The quantitative estimate of drug-likeness (QED) is 0.0347. The summed E-state index contributed by atoms with van der Waals surface area (Å²) in [5, 5.41) is 0. The molecular weight excluding hydrogens is 765 g/mol. The summed E-state index contributed by atoms with van der Waals surface area (Å²) in [6.07, 6.45) is 73.3. The first-order valence-electron chi connectivity index (χ1n) is 24.7. The fourth-order valence-electron chi connectivity index (χ4n) is 6.06. The van der Waals surface area contributed by atoms with E-state index < -0.39 is 6.10 Å². The van der Waals surface area contributed by atoms with Gasteiger partial charge in [0.2, 0.25) is 0 Å². The zero-order valence-electron chi connectivity index (χ0n) is 39.8. The number of rotatable bonds is 43. The van der Waals surface area contributed by atoms with Crippen molar-refractivity contribution in [1.29, 1.82) is 0 Å². The molecule has 0 fully saturated rings. The van der Waals surface area contributed by atoms with Crippen LogP contribution >= 0.6 is 0 Å². The van der Waals surface area contributed by atoms with E-state index in [0.717, 1.165) is 128 Å². The Kier molecular flexibility index (Phi) is 48.1. The lowest BCUT2D eigenvalue weighted by Gasteiger charge is -2.18. The molecular formula is C57H90O5. The van der Waals surface area contributed by atoms with Gasteiger partial charge in [-0.25, -0.2) is 0 Å². The van der Waals surface area contributed by atoms with Gasteiger partial charge in [0.25, 0.3) is 0 Å². The van der Waals surface area contributed by atoms with Gasteiger partial charge in [0.15, 0.2) is 6.10 Å². The van der Waals surface area contributed by atoms with E-state index >= 15 is 0 Å². The van der Waals surface area contributed by atoms with Crippen molar-refractivity contribution in [3.05, 3.63) is 134 Å². The summed E-state index contributed by atoms with van der Waals surface area (Å²) >= 11 is 0. The minimum Gasteiger partial charge on any atom is -0.462 e. The number of ether oxygens (including phenoxy) is 3. The first kappa shape index (κ1) is 58.0. The van der Waals surface area contributed by atoms with Crippen LogP contribution in [0, 0.1) is 0 Å². The van der Waals surface area contributed by atoms with Crippen molar-refractivity contribution in [2.75, 3.05) is 19.8 Å². The normalized spacial score (nSPS) is 13.4. The largest absolute Gasteiger partial charge is 0.462 e. The number of unbranched alkanes of at least 4 members (excludes halogenated alkanes) is 10. The molecule has 0 saturated heterocycles. The second-order valence-corrected chi connectivity index (χ2v) is 15.6. The highest BCUT2D eigenvalue weighted by atomic mass is 16.6. The van der Waals surface area contributed by atoms with Crippen molar-refractivity contribution in [2.24, 2.45) is 0 Å². The van der Waals surface area contributed by atoms with E-state index in [9.17, 15) is 9.59 Å². The van der Waals surface area contributed by atoms with E-state index in [1.807, 2.05) is 6.08 Å². The first-order valence-corrected chi connectivity index (χ1v) is 24.7. The van der Waals surface area contributed by atoms with Crippen LogP contribution in [0.4, 0.5) is 0 Å². The van der Waals surface area contributed by atoms with Gasteiger partial charge in [0, 0.05) is 19.4 Å². The summed E-state index contributed by atoms with van der Waals surface area (Å²) in [6, 6.07) is 0. The molecule has 5 heteroatoms. The Bertz CT molecular complexity index is 1330. The third-order valence-electron chi connectivity index (χ3n) is 9.65. The maximum atomic E-state index is 12.8. The number of hydrogen-bond acceptors (Lipinski definition) is 5. The Labute approximate surface area is 381 Å². The molecule has 0 spiro atoms. The molecule has 1 unspecified atom stereocenters. The molecule has 0 aromatic rings. The maximum Gasteiger partial charge on any atom is 0.306 e. The molecule has 0 aliphatic heterocycles. The van der Waals surface area contributed by atoms with Gasteiger partial charge < -0.3 is 14.2 Å². The van der Waals surface area contributed by atoms with Crippen LogP contribution in [0.5, 0.6) is 0 Å². The fraction of sp³-hybridized carbons (Fsp3) is 0.579. The van der Waals surface area contributed by atoms with Crippen molar-refractivity contribution >= 4 is 11.9 Å². The molecule has 0 radical (unpaired) electrons. The van der Waals surface area contributed by atoms with Gasteiger partial charge in [-0.15, -0.1) is 0 Å². The van der Waals surface area contributed by atoms with Gasteiger partial charge in [0.1, 0.15) is 6.61 Å². The van der Waals surface area contributed by atoms with Crippen molar-refractivity contribution in [2.45, 2.75) is 194 Å². The van der Waals surface area contributed by atoms with Crippen LogP contribution in [0.1, 0.15) is 188 Å². The third-order valence-corrected chi connectivity index (χ3v) is 9.65. The summed E-state index contributed by atoms with van der Waals surface area (Å²) in [6.45, 7) is 7.35. The van der Waals surface area contributed by atoms with Gasteiger partial charge in [0.05, 0.1) is 6.61 Å². The minimum atomic E-state index is -0.595. The van der Waals surface area contributed by atoms with Crippen LogP contribution in [-0.4, -0.2) is 37.9 Å². The van der Waals surface area contributed by atoms with E-state index in [2.05, 4.69) is 148 Å². The molecule has 0 aromatic heterocycles. The molecule has 0 aliphatic carbocycles. The maximum absolute atomic E-state index is 12.8. The lowest BCUT2D eigenvalue weighted by Crippen LogP contribution is -2.30. The predicted molar refractivity (Wildman–Crippen MR) is 269 cm³/mol. The number of hydrogen-bond donors (Lipinski definition) is 0. The molecule has 0 amide bonds. The lowest BCUT2D eigenvalue weighted by molar-refractivity contribution is -0.162. The second-order valence-electron chi connectivity index (χ2n) is 15.6. The Hall–Kier alpha value is -3.96. The van der Waals surface area contributed by atoms with Crippen molar-refractivity contribution < 1.29 is 23.8 Å². The number of carbonyl (C=O) groups is 2. The zero-order valence-corrected chi connectivity index (χ0v) is 39.8. The van der Waals surface area contributed by atoms with Crippen LogP contribution in [0.3, 0.4) is 0 Å². The molecule has 0 bridgehead atoms. The van der Waals surface area contributed by atoms with Crippen LogP contribution in [0.25, 0.3) is 0 Å². The highest BCUT2D eigenvalue weighted by Gasteiger charge is 2.17. The number of esters is 2. The molecule has 5 nitrogen and oxygen atoms in total. The Balaban J connectivity index is 4.44. The van der Waals surface area contributed by atoms with Gasteiger partial charge >= 0.3 is 11.9 Å². The Morgan fingerprint density at radius 1 is 0.371 bits per heavy atom. The second kappa shape index (κ2) is 51.4. The summed E-state index contributed by atoms with van der Waals surface area (Å²) < 4.78 is 17.3. The Morgan fingerprint density at radius 3 is 1.23 bits per heavy atom. The van der Waals surface area contributed by atoms with Crippen LogP contribution in [0.2, 0.25) is 0 Å². The van der Waals surface area contributed by atoms with Crippen LogP contribution < -0.4 is 0 Å². The van der Waals surface area contributed by atoms with E-state index in [-0.39, 0.29) is 25.2 Å². The Morgan fingerprint density at radius 2 is 0.758 bits per heavy atom. The lowest BCUT2D eigenvalue weighted by atomic mass is 10.1. The molecule has 348 valence electrons. The number of carbonyl (C=O) groups excluding carboxylic acids is 2. The average Bonchev–Trinajstić information content (AvgIpc) is 3.27. The SMILES string of the molecule is CC/C=C\C/C=C\C/C=C\C/C=C\C/C=C\CCCCCCOCC(COC(=O)CC/C=C\C/C=C\C/C=C\C/C=C\CC)OC(=O)CCCCCCC/C=C\C/C=C\CCC. The first-order chi connectivity index (χ1) is 30.6. The van der Waals surface area contributed by atoms with Crippen LogP contribution in [0.15, 0.2) is 134 Å². The van der Waals surface area contributed by atoms with Crippen molar-refractivity contribution in [1.82, 2.24) is 0 Å². The summed E-state index contributed by atoms with van der Waals surface area (Å²) in [4.78, 5) is 25.3. The van der Waals surface area contributed by atoms with Crippen molar-refractivity contribution in [3.63, 3.8) is 0 Å². The minimum absolute atomic E-state index is 0.0218. The molecule has 0 N–H and O–H groups in total. The smallest absolute Gasteiger partial charge is 0.306 e. The van der Waals surface area contributed by atoms with Gasteiger partial charge in [-0.3, -0.25) is 9.59 Å². The number of allylic oxidation sites excluding steroid dienone is 22. The van der Waals surface area contributed by atoms with Gasteiger partial charge in [-0.2, -0.15) is 0 Å². The molecule has 0 heterocycles. The van der Waals surface area contributed by atoms with Gasteiger partial charge in [-0.1, -0.05) is 193 Å². The van der Waals surface area contributed by atoms with Crippen molar-refractivity contribution in [3.8, 4) is 0 Å². The molecule has 62 heavy (non-hydrogen) atoms. The van der Waals surface area contributed by atoms with Crippen LogP contribution in [-0.2, 0) is 23.8 Å². The topological polar surface area (TPSA) is 61.8 Å². The molecule has 0 rings (SSSR count). The highest BCUT2D eigenvalue weighted by molar-refractivity contribution is 5.70. The van der Waals surface area contributed by atoms with E-state index in [4.69, 9.17) is 14.2 Å². The van der Waals surface area contributed by atoms with E-state index in [0.29, 0.717) is 25.9 Å². The van der Waals surface area contributed by atoms with E-state index in [1.54, 1.807) is 0 Å². The summed E-state index contributed by atoms with van der Waals surface area (Å²) in [5.74, 6) is -0.535.